The highest BCUT2D eigenvalue weighted by molar-refractivity contribution is 5.85. The molecule has 1 rings (SSSR count). The molecule has 0 spiro atoms. The average Bonchev–Trinajstić information content (AvgIpc) is 2.43. The third-order valence-electron chi connectivity index (χ3n) is 3.77. The molecule has 1 aliphatic heterocycles. The number of hydrogen-bond donors (Lipinski definition) is 1. The van der Waals surface area contributed by atoms with Crippen molar-refractivity contribution in [3.05, 3.63) is 0 Å². The summed E-state index contributed by atoms with van der Waals surface area (Å²) in [4.78, 5) is 25.7. The number of carbonyl (C=O) groups is 2. The minimum absolute atomic E-state index is 0.00873. The number of hydrogen-bond acceptors (Lipinski definition) is 2. The maximum atomic E-state index is 12.0. The molecule has 2 amide bonds. The van der Waals surface area contributed by atoms with Crippen molar-refractivity contribution in [1.29, 1.82) is 0 Å². The lowest BCUT2D eigenvalue weighted by Gasteiger charge is -2.30. The fraction of sp³-hybridized carbons (Fsp3) is 0.750. The van der Waals surface area contributed by atoms with Crippen LogP contribution in [0.4, 0.5) is 0 Å². The van der Waals surface area contributed by atoms with Gasteiger partial charge in [-0.25, -0.2) is 0 Å². The Morgan fingerprint density at radius 2 is 1.90 bits per heavy atom. The Kier molecular flexibility index (Phi) is 6.57. The molecule has 1 saturated heterocycles. The third-order valence-corrected chi connectivity index (χ3v) is 3.77. The van der Waals surface area contributed by atoms with Crippen molar-refractivity contribution >= 4 is 11.8 Å². The monoisotopic (exact) mass is 278 g/mol. The van der Waals surface area contributed by atoms with Crippen molar-refractivity contribution in [1.82, 2.24) is 10.2 Å². The number of nitrogens with one attached hydrogen (secondary N) is 1. The van der Waals surface area contributed by atoms with Gasteiger partial charge in [0.25, 0.3) is 0 Å². The van der Waals surface area contributed by atoms with E-state index >= 15 is 0 Å². The van der Waals surface area contributed by atoms with Crippen LogP contribution in [0.25, 0.3) is 0 Å². The van der Waals surface area contributed by atoms with Gasteiger partial charge in [0, 0.05) is 24.9 Å². The Balaban J connectivity index is 2.30. The van der Waals surface area contributed by atoms with Crippen LogP contribution in [0.15, 0.2) is 0 Å². The van der Waals surface area contributed by atoms with Gasteiger partial charge in [0.1, 0.15) is 0 Å². The largest absolute Gasteiger partial charge is 0.347 e. The Labute approximate surface area is 122 Å². The lowest BCUT2D eigenvalue weighted by Crippen LogP contribution is -2.44. The predicted octanol–water partition coefficient (Wildman–Crippen LogP) is 1.66. The first-order valence-corrected chi connectivity index (χ1v) is 7.45. The molecule has 0 bridgehead atoms. The maximum Gasteiger partial charge on any atom is 0.241 e. The molecule has 1 aliphatic rings. The highest BCUT2D eigenvalue weighted by Gasteiger charge is 2.22. The van der Waals surface area contributed by atoms with Gasteiger partial charge in [-0.3, -0.25) is 9.59 Å². The van der Waals surface area contributed by atoms with Crippen LogP contribution in [-0.2, 0) is 9.59 Å². The van der Waals surface area contributed by atoms with E-state index in [-0.39, 0.29) is 24.3 Å². The van der Waals surface area contributed by atoms with Crippen LogP contribution in [0.2, 0.25) is 0 Å². The van der Waals surface area contributed by atoms with E-state index in [1.54, 1.807) is 4.90 Å². The average molecular weight is 278 g/mol. The van der Waals surface area contributed by atoms with Crippen molar-refractivity contribution < 1.29 is 9.59 Å². The summed E-state index contributed by atoms with van der Waals surface area (Å²) in [6, 6.07) is 0. The van der Waals surface area contributed by atoms with E-state index in [0.29, 0.717) is 24.9 Å². The van der Waals surface area contributed by atoms with Crippen LogP contribution in [0.3, 0.4) is 0 Å². The predicted molar refractivity (Wildman–Crippen MR) is 79.8 cm³/mol. The summed E-state index contributed by atoms with van der Waals surface area (Å²) in [5.74, 6) is 3.42. The molecule has 0 unspecified atom stereocenters. The third kappa shape index (κ3) is 5.24. The lowest BCUT2D eigenvalue weighted by molar-refractivity contribution is -0.134. The molecule has 0 aliphatic carbocycles. The van der Waals surface area contributed by atoms with Crippen LogP contribution in [-0.4, -0.2) is 36.3 Å². The first-order chi connectivity index (χ1) is 9.43. The van der Waals surface area contributed by atoms with Crippen LogP contribution in [0.1, 0.15) is 40.0 Å². The van der Waals surface area contributed by atoms with E-state index in [1.807, 2.05) is 6.92 Å². The van der Waals surface area contributed by atoms with Crippen molar-refractivity contribution in [2.45, 2.75) is 40.0 Å². The Bertz CT molecular complexity index is 376. The Hall–Kier alpha value is -1.50. The van der Waals surface area contributed by atoms with E-state index in [9.17, 15) is 9.59 Å². The van der Waals surface area contributed by atoms with Crippen molar-refractivity contribution in [3.8, 4) is 12.3 Å². The first-order valence-electron chi connectivity index (χ1n) is 7.45. The second-order valence-corrected chi connectivity index (χ2v) is 6.07. The highest BCUT2D eigenvalue weighted by Crippen LogP contribution is 2.16. The van der Waals surface area contributed by atoms with Gasteiger partial charge in [0.2, 0.25) is 11.8 Å². The van der Waals surface area contributed by atoms with Crippen LogP contribution in [0, 0.1) is 30.1 Å². The topological polar surface area (TPSA) is 49.4 Å². The number of likely N-dealkylation sites (tertiary alicyclic amines) is 1. The smallest absolute Gasteiger partial charge is 0.241 e. The van der Waals surface area contributed by atoms with Crippen LogP contribution < -0.4 is 5.32 Å². The van der Waals surface area contributed by atoms with Gasteiger partial charge in [0.15, 0.2) is 0 Å². The number of piperidine rings is 1. The fourth-order valence-corrected chi connectivity index (χ4v) is 2.56. The molecule has 20 heavy (non-hydrogen) atoms. The molecule has 0 radical (unpaired) electrons. The van der Waals surface area contributed by atoms with E-state index in [1.165, 1.54) is 0 Å². The van der Waals surface area contributed by atoms with Crippen LogP contribution >= 0.6 is 0 Å². The second-order valence-electron chi connectivity index (χ2n) is 6.07. The normalized spacial score (nSPS) is 17.6. The molecule has 1 atom stereocenters. The van der Waals surface area contributed by atoms with Crippen molar-refractivity contribution in [3.63, 3.8) is 0 Å². The van der Waals surface area contributed by atoms with Gasteiger partial charge in [-0.1, -0.05) is 20.8 Å². The minimum Gasteiger partial charge on any atom is -0.347 e. The fourth-order valence-electron chi connectivity index (χ4n) is 2.56. The molecule has 1 heterocycles. The summed E-state index contributed by atoms with van der Waals surface area (Å²) in [7, 11) is 0. The quantitative estimate of drug-likeness (QED) is 0.778. The van der Waals surface area contributed by atoms with Gasteiger partial charge in [0.05, 0.1) is 6.54 Å². The summed E-state index contributed by atoms with van der Waals surface area (Å²) in [5.41, 5.74) is 0. The van der Waals surface area contributed by atoms with Gasteiger partial charge in [-0.2, -0.15) is 0 Å². The van der Waals surface area contributed by atoms with Gasteiger partial charge in [-0.15, -0.1) is 12.3 Å². The zero-order valence-corrected chi connectivity index (χ0v) is 12.8. The molecule has 0 aromatic rings. The van der Waals surface area contributed by atoms with E-state index < -0.39 is 0 Å². The minimum atomic E-state index is -0.0463. The zero-order valence-electron chi connectivity index (χ0n) is 12.8. The molecular formula is C16H26N2O2. The Morgan fingerprint density at radius 1 is 1.30 bits per heavy atom. The standard InChI is InChI=1S/C16H26N2O2/c1-5-14-6-8-18(9-7-14)15(19)11-17-16(20)13(4)10-12(2)3/h1,12-14H,6-11H2,2-4H3,(H,17,20)/t13-/m1/s1. The first kappa shape index (κ1) is 16.6. The maximum absolute atomic E-state index is 12.0. The number of terminal acetylenes is 1. The van der Waals surface area contributed by atoms with Gasteiger partial charge >= 0.3 is 0 Å². The summed E-state index contributed by atoms with van der Waals surface area (Å²) in [6.45, 7) is 7.57. The van der Waals surface area contributed by atoms with Gasteiger partial charge in [-0.05, 0) is 25.2 Å². The van der Waals surface area contributed by atoms with E-state index in [2.05, 4.69) is 25.1 Å². The molecule has 0 saturated carbocycles. The molecule has 0 aromatic carbocycles. The second kappa shape index (κ2) is 7.94. The Morgan fingerprint density at radius 3 is 2.40 bits per heavy atom. The SMILES string of the molecule is C#CC1CCN(C(=O)CNC(=O)[C@H](C)CC(C)C)CC1. The number of carbonyl (C=O) groups excluding carboxylic acids is 2. The lowest BCUT2D eigenvalue weighted by atomic mass is 9.97. The molecule has 1 N–H and O–H groups in total. The summed E-state index contributed by atoms with van der Waals surface area (Å²) in [5, 5.41) is 2.74. The molecule has 1 fully saturated rings. The van der Waals surface area contributed by atoms with E-state index in [0.717, 1.165) is 19.3 Å². The van der Waals surface area contributed by atoms with Crippen molar-refractivity contribution in [2.24, 2.45) is 17.8 Å². The van der Waals surface area contributed by atoms with Gasteiger partial charge < -0.3 is 10.2 Å². The van der Waals surface area contributed by atoms with Crippen molar-refractivity contribution in [2.75, 3.05) is 19.6 Å². The molecule has 4 nitrogen and oxygen atoms in total. The number of nitrogens with zero attached hydrogens (tertiary/aromatic N) is 1. The molecular weight excluding hydrogens is 252 g/mol. The summed E-state index contributed by atoms with van der Waals surface area (Å²) >= 11 is 0. The summed E-state index contributed by atoms with van der Waals surface area (Å²) < 4.78 is 0. The zero-order chi connectivity index (χ0) is 15.1. The highest BCUT2D eigenvalue weighted by atomic mass is 16.2. The number of rotatable bonds is 5. The number of amides is 2. The van der Waals surface area contributed by atoms with Crippen LogP contribution in [0.5, 0.6) is 0 Å². The molecule has 4 heteroatoms. The van der Waals surface area contributed by atoms with E-state index in [4.69, 9.17) is 6.42 Å². The molecule has 112 valence electrons. The summed E-state index contributed by atoms with van der Waals surface area (Å²) in [6.07, 6.45) is 7.95. The molecule has 0 aromatic heterocycles.